The lowest BCUT2D eigenvalue weighted by molar-refractivity contribution is 0.102. The second-order valence-electron chi connectivity index (χ2n) is 3.18. The van der Waals surface area contributed by atoms with E-state index in [0.717, 1.165) is 5.69 Å². The molecule has 16 heavy (non-hydrogen) atoms. The van der Waals surface area contributed by atoms with Crippen LogP contribution in [0.1, 0.15) is 10.4 Å². The van der Waals surface area contributed by atoms with E-state index >= 15 is 0 Å². The Balaban J connectivity index is 2.52. The van der Waals surface area contributed by atoms with Gasteiger partial charge in [-0.25, -0.2) is 4.98 Å². The van der Waals surface area contributed by atoms with Gasteiger partial charge in [0.05, 0.1) is 11.6 Å². The summed E-state index contributed by atoms with van der Waals surface area (Å²) in [5.74, 6) is -0.165. The maximum Gasteiger partial charge on any atom is 0.179 e. The number of alkyl halides is 1. The van der Waals surface area contributed by atoms with Crippen LogP contribution in [-0.4, -0.2) is 21.2 Å². The Morgan fingerprint density at radius 2 is 2.12 bits per heavy atom. The van der Waals surface area contributed by atoms with Crippen molar-refractivity contribution in [3.63, 3.8) is 0 Å². The molecular formula is C11H8Cl2N2O. The molecule has 0 atom stereocenters. The van der Waals surface area contributed by atoms with Crippen LogP contribution in [0, 0.1) is 0 Å². The van der Waals surface area contributed by atoms with Crippen molar-refractivity contribution in [3.05, 3.63) is 47.5 Å². The van der Waals surface area contributed by atoms with Crippen molar-refractivity contribution in [1.82, 2.24) is 9.55 Å². The molecule has 0 saturated heterocycles. The number of nitrogens with zero attached hydrogens (tertiary/aromatic N) is 2. The first-order chi connectivity index (χ1) is 7.72. The number of hydrogen-bond acceptors (Lipinski definition) is 2. The summed E-state index contributed by atoms with van der Waals surface area (Å²) >= 11 is 11.3. The number of halogens is 2. The predicted octanol–water partition coefficient (Wildman–Crippen LogP) is 2.95. The van der Waals surface area contributed by atoms with Gasteiger partial charge >= 0.3 is 0 Å². The molecule has 0 bridgehead atoms. The Labute approximate surface area is 103 Å². The summed E-state index contributed by atoms with van der Waals surface area (Å²) in [6.07, 6.45) is 3.20. The summed E-state index contributed by atoms with van der Waals surface area (Å²) < 4.78 is 1.70. The number of ketones is 1. The van der Waals surface area contributed by atoms with Crippen LogP contribution in [0.5, 0.6) is 0 Å². The zero-order valence-electron chi connectivity index (χ0n) is 8.23. The van der Waals surface area contributed by atoms with E-state index in [9.17, 15) is 4.79 Å². The molecule has 0 spiro atoms. The van der Waals surface area contributed by atoms with E-state index in [-0.39, 0.29) is 11.7 Å². The molecule has 5 heteroatoms. The molecule has 0 aliphatic heterocycles. The highest BCUT2D eigenvalue weighted by Gasteiger charge is 2.11. The van der Waals surface area contributed by atoms with Crippen LogP contribution in [0.2, 0.25) is 5.15 Å². The first-order valence-corrected chi connectivity index (χ1v) is 5.51. The quantitative estimate of drug-likeness (QED) is 0.624. The van der Waals surface area contributed by atoms with Crippen molar-refractivity contribution in [3.8, 4) is 5.69 Å². The lowest BCUT2D eigenvalue weighted by Gasteiger charge is -2.07. The molecule has 0 aliphatic rings. The predicted molar refractivity (Wildman–Crippen MR) is 63.6 cm³/mol. The van der Waals surface area contributed by atoms with Gasteiger partial charge in [0, 0.05) is 11.8 Å². The highest BCUT2D eigenvalue weighted by atomic mass is 35.5. The molecule has 0 saturated carbocycles. The maximum atomic E-state index is 11.6. The van der Waals surface area contributed by atoms with Crippen LogP contribution in [0.3, 0.4) is 0 Å². The molecule has 1 heterocycles. The molecule has 0 amide bonds. The van der Waals surface area contributed by atoms with Gasteiger partial charge in [0.1, 0.15) is 11.5 Å². The van der Waals surface area contributed by atoms with E-state index < -0.39 is 0 Å². The van der Waals surface area contributed by atoms with Crippen molar-refractivity contribution in [2.24, 2.45) is 0 Å². The fourth-order valence-electron chi connectivity index (χ4n) is 1.44. The average Bonchev–Trinajstić information content (AvgIpc) is 2.75. The summed E-state index contributed by atoms with van der Waals surface area (Å²) in [6, 6.07) is 7.18. The van der Waals surface area contributed by atoms with Gasteiger partial charge in [-0.1, -0.05) is 23.7 Å². The number of rotatable bonds is 3. The summed E-state index contributed by atoms with van der Waals surface area (Å²) in [7, 11) is 0. The first kappa shape index (κ1) is 11.2. The van der Waals surface area contributed by atoms with Gasteiger partial charge in [-0.15, -0.1) is 11.6 Å². The van der Waals surface area contributed by atoms with Gasteiger partial charge in [0.15, 0.2) is 5.78 Å². The normalized spacial score (nSPS) is 10.4. The highest BCUT2D eigenvalue weighted by Crippen LogP contribution is 2.17. The molecule has 3 nitrogen and oxygen atoms in total. The lowest BCUT2D eigenvalue weighted by atomic mass is 10.1. The third-order valence-corrected chi connectivity index (χ3v) is 2.59. The van der Waals surface area contributed by atoms with Gasteiger partial charge in [0.25, 0.3) is 0 Å². The lowest BCUT2D eigenvalue weighted by Crippen LogP contribution is -2.06. The number of benzene rings is 1. The highest BCUT2D eigenvalue weighted by molar-refractivity contribution is 6.31. The fraction of sp³-hybridized carbons (Fsp3) is 0.0909. The van der Waals surface area contributed by atoms with Crippen molar-refractivity contribution >= 4 is 29.0 Å². The Hall–Kier alpha value is -1.32. The molecule has 82 valence electrons. The molecule has 0 N–H and O–H groups in total. The van der Waals surface area contributed by atoms with Gasteiger partial charge in [-0.2, -0.15) is 0 Å². The van der Waals surface area contributed by atoms with Gasteiger partial charge < -0.3 is 4.57 Å². The zero-order chi connectivity index (χ0) is 11.5. The van der Waals surface area contributed by atoms with Crippen LogP contribution in [-0.2, 0) is 0 Å². The van der Waals surface area contributed by atoms with E-state index in [0.29, 0.717) is 10.7 Å². The van der Waals surface area contributed by atoms with Crippen molar-refractivity contribution in [2.45, 2.75) is 0 Å². The van der Waals surface area contributed by atoms with E-state index in [4.69, 9.17) is 23.2 Å². The molecule has 2 rings (SSSR count). The van der Waals surface area contributed by atoms with Gasteiger partial charge in [-0.3, -0.25) is 4.79 Å². The minimum atomic E-state index is -0.123. The topological polar surface area (TPSA) is 34.9 Å². The van der Waals surface area contributed by atoms with E-state index in [1.165, 1.54) is 0 Å². The minimum absolute atomic E-state index is 0.0422. The number of hydrogen-bond donors (Lipinski definition) is 0. The van der Waals surface area contributed by atoms with Crippen molar-refractivity contribution < 1.29 is 4.79 Å². The number of aromatic nitrogens is 2. The standard InChI is InChI=1S/C11H8Cl2N2O/c12-5-10(16)8-3-1-2-4-9(8)15-6-11(13)14-7-15/h1-4,6-7H,5H2. The molecule has 2 aromatic rings. The molecule has 0 radical (unpaired) electrons. The number of para-hydroxylation sites is 1. The second kappa shape index (κ2) is 4.68. The summed E-state index contributed by atoms with van der Waals surface area (Å²) in [5.41, 5.74) is 1.29. The maximum absolute atomic E-state index is 11.6. The van der Waals surface area contributed by atoms with Crippen LogP contribution in [0.4, 0.5) is 0 Å². The third kappa shape index (κ3) is 2.10. The van der Waals surface area contributed by atoms with E-state index in [1.54, 1.807) is 29.2 Å². The van der Waals surface area contributed by atoms with Crippen molar-refractivity contribution in [1.29, 1.82) is 0 Å². The van der Waals surface area contributed by atoms with Crippen molar-refractivity contribution in [2.75, 3.05) is 5.88 Å². The second-order valence-corrected chi connectivity index (χ2v) is 3.83. The Bertz CT molecular complexity index is 522. The molecule has 0 aliphatic carbocycles. The summed E-state index contributed by atoms with van der Waals surface area (Å²) in [4.78, 5) is 15.5. The average molecular weight is 255 g/mol. The fourth-order valence-corrected chi connectivity index (χ4v) is 1.73. The molecule has 0 unspecified atom stereocenters. The largest absolute Gasteiger partial charge is 0.304 e. The molecular weight excluding hydrogens is 247 g/mol. The number of carbonyl (C=O) groups is 1. The number of imidazole rings is 1. The Kier molecular flexibility index (Phi) is 3.27. The Morgan fingerprint density at radius 3 is 2.75 bits per heavy atom. The number of Topliss-reactive ketones (excluding diaryl/α,β-unsaturated/α-hetero) is 1. The third-order valence-electron chi connectivity index (χ3n) is 2.16. The number of carbonyl (C=O) groups excluding carboxylic acids is 1. The van der Waals surface area contributed by atoms with Crippen LogP contribution in [0.15, 0.2) is 36.8 Å². The van der Waals surface area contributed by atoms with Gasteiger partial charge in [0.2, 0.25) is 0 Å². The van der Waals surface area contributed by atoms with Crippen LogP contribution in [0.25, 0.3) is 5.69 Å². The van der Waals surface area contributed by atoms with Gasteiger partial charge in [-0.05, 0) is 12.1 Å². The summed E-state index contributed by atoms with van der Waals surface area (Å²) in [5, 5.41) is 0.383. The van der Waals surface area contributed by atoms with Crippen LogP contribution >= 0.6 is 23.2 Å². The summed E-state index contributed by atoms with van der Waals surface area (Å²) in [6.45, 7) is 0. The zero-order valence-corrected chi connectivity index (χ0v) is 9.74. The molecule has 1 aromatic carbocycles. The Morgan fingerprint density at radius 1 is 1.38 bits per heavy atom. The van der Waals surface area contributed by atoms with E-state index in [2.05, 4.69) is 4.98 Å². The van der Waals surface area contributed by atoms with Crippen LogP contribution < -0.4 is 0 Å². The molecule has 1 aromatic heterocycles. The first-order valence-electron chi connectivity index (χ1n) is 4.60. The minimum Gasteiger partial charge on any atom is -0.304 e. The monoisotopic (exact) mass is 254 g/mol. The molecule has 0 fully saturated rings. The van der Waals surface area contributed by atoms with E-state index in [1.807, 2.05) is 12.1 Å². The SMILES string of the molecule is O=C(CCl)c1ccccc1-n1cnc(Cl)c1. The smallest absolute Gasteiger partial charge is 0.179 e.